The van der Waals surface area contributed by atoms with Gasteiger partial charge in [-0.3, -0.25) is 4.90 Å². The Labute approximate surface area is 180 Å². The van der Waals surface area contributed by atoms with Crippen LogP contribution in [0.25, 0.3) is 0 Å². The fourth-order valence-corrected chi connectivity index (χ4v) is 4.05. The number of amides is 2. The Balaban J connectivity index is 1.60. The second-order valence-electron chi connectivity index (χ2n) is 7.14. The van der Waals surface area contributed by atoms with Gasteiger partial charge in [-0.1, -0.05) is 59.6 Å². The van der Waals surface area contributed by atoms with Gasteiger partial charge in [0.1, 0.15) is 0 Å². The van der Waals surface area contributed by atoms with Crippen LogP contribution < -0.4 is 15.5 Å². The molecule has 0 saturated carbocycles. The predicted octanol–water partition coefficient (Wildman–Crippen LogP) is 6.98. The molecular formula is C23H21Cl2N3O. The quantitative estimate of drug-likeness (QED) is 0.475. The number of nitrogens with zero attached hydrogens (tertiary/aromatic N) is 1. The van der Waals surface area contributed by atoms with Gasteiger partial charge in [0.2, 0.25) is 0 Å². The van der Waals surface area contributed by atoms with Gasteiger partial charge >= 0.3 is 6.03 Å². The van der Waals surface area contributed by atoms with Gasteiger partial charge in [-0.25, -0.2) is 4.79 Å². The highest BCUT2D eigenvalue weighted by molar-refractivity contribution is 6.42. The lowest BCUT2D eigenvalue weighted by Gasteiger charge is -2.39. The Morgan fingerprint density at radius 3 is 2.41 bits per heavy atom. The van der Waals surface area contributed by atoms with E-state index in [1.807, 2.05) is 36.4 Å². The molecule has 6 heteroatoms. The highest BCUT2D eigenvalue weighted by atomic mass is 35.5. The van der Waals surface area contributed by atoms with Crippen LogP contribution in [0.2, 0.25) is 10.0 Å². The summed E-state index contributed by atoms with van der Waals surface area (Å²) in [6.07, 6.45) is 0.792. The molecule has 29 heavy (non-hydrogen) atoms. The van der Waals surface area contributed by atoms with Crippen molar-refractivity contribution in [2.75, 3.05) is 15.5 Å². The van der Waals surface area contributed by atoms with Gasteiger partial charge in [0.25, 0.3) is 0 Å². The summed E-state index contributed by atoms with van der Waals surface area (Å²) in [5.41, 5.74) is 3.67. The monoisotopic (exact) mass is 425 g/mol. The zero-order valence-corrected chi connectivity index (χ0v) is 17.4. The number of hydrogen-bond acceptors (Lipinski definition) is 2. The van der Waals surface area contributed by atoms with Gasteiger partial charge in [-0.2, -0.15) is 0 Å². The molecule has 0 aliphatic carbocycles. The molecule has 0 radical (unpaired) electrons. The fourth-order valence-electron chi connectivity index (χ4n) is 3.75. The molecule has 2 atom stereocenters. The number of fused-ring (bicyclic) bond motifs is 1. The zero-order chi connectivity index (χ0) is 20.4. The zero-order valence-electron chi connectivity index (χ0n) is 15.9. The smallest absolute Gasteiger partial charge is 0.326 e. The standard InChI is InChI=1S/C23H21Cl2N3O/c1-15-13-21(26-16-7-3-2-4-8-16)18-9-5-6-10-22(18)28(15)23(29)27-17-11-12-19(24)20(25)14-17/h2-12,14-15,21,26H,13H2,1H3,(H,27,29)/t15-,21-/m0/s1. The molecule has 148 valence electrons. The van der Waals surface area contributed by atoms with E-state index in [0.29, 0.717) is 15.7 Å². The summed E-state index contributed by atoms with van der Waals surface area (Å²) in [5, 5.41) is 7.40. The first-order valence-electron chi connectivity index (χ1n) is 9.48. The normalized spacial score (nSPS) is 18.1. The van der Waals surface area contributed by atoms with Crippen LogP contribution in [0.4, 0.5) is 21.9 Å². The van der Waals surface area contributed by atoms with E-state index < -0.39 is 0 Å². The Morgan fingerprint density at radius 1 is 0.931 bits per heavy atom. The molecular weight excluding hydrogens is 405 g/mol. The molecule has 2 amide bonds. The molecule has 2 N–H and O–H groups in total. The molecule has 4 nitrogen and oxygen atoms in total. The average molecular weight is 426 g/mol. The van der Waals surface area contributed by atoms with Gasteiger partial charge in [0, 0.05) is 17.4 Å². The summed E-state index contributed by atoms with van der Waals surface area (Å²) in [4.78, 5) is 14.9. The van der Waals surface area contributed by atoms with Gasteiger partial charge in [-0.05, 0) is 55.3 Å². The van der Waals surface area contributed by atoms with Crippen LogP contribution in [-0.2, 0) is 0 Å². The number of para-hydroxylation sites is 2. The predicted molar refractivity (Wildman–Crippen MR) is 121 cm³/mol. The largest absolute Gasteiger partial charge is 0.378 e. The molecule has 0 bridgehead atoms. The van der Waals surface area contributed by atoms with E-state index in [9.17, 15) is 4.79 Å². The summed E-state index contributed by atoms with van der Waals surface area (Å²) in [6.45, 7) is 2.06. The van der Waals surface area contributed by atoms with Crippen molar-refractivity contribution < 1.29 is 4.79 Å². The third kappa shape index (κ3) is 4.19. The topological polar surface area (TPSA) is 44.4 Å². The maximum Gasteiger partial charge on any atom is 0.326 e. The van der Waals surface area contributed by atoms with E-state index in [1.165, 1.54) is 0 Å². The lowest BCUT2D eigenvalue weighted by molar-refractivity contribution is 0.254. The Morgan fingerprint density at radius 2 is 1.66 bits per heavy atom. The van der Waals surface area contributed by atoms with Gasteiger partial charge in [-0.15, -0.1) is 0 Å². The number of carbonyl (C=O) groups excluding carboxylic acids is 1. The first-order chi connectivity index (χ1) is 14.0. The van der Waals surface area contributed by atoms with Crippen molar-refractivity contribution in [3.63, 3.8) is 0 Å². The van der Waals surface area contributed by atoms with E-state index in [0.717, 1.165) is 23.4 Å². The highest BCUT2D eigenvalue weighted by Crippen LogP contribution is 2.39. The van der Waals surface area contributed by atoms with Crippen molar-refractivity contribution in [3.8, 4) is 0 Å². The van der Waals surface area contributed by atoms with Crippen LogP contribution in [0.15, 0.2) is 72.8 Å². The second-order valence-corrected chi connectivity index (χ2v) is 7.95. The first kappa shape index (κ1) is 19.6. The number of benzene rings is 3. The summed E-state index contributed by atoms with van der Waals surface area (Å²) in [5.74, 6) is 0. The molecule has 0 fully saturated rings. The Bertz CT molecular complexity index is 1030. The maximum atomic E-state index is 13.1. The molecule has 3 aromatic carbocycles. The minimum atomic E-state index is -0.193. The number of carbonyl (C=O) groups is 1. The first-order valence-corrected chi connectivity index (χ1v) is 10.2. The van der Waals surface area contributed by atoms with Crippen molar-refractivity contribution in [2.24, 2.45) is 0 Å². The van der Waals surface area contributed by atoms with Crippen molar-refractivity contribution >= 4 is 46.3 Å². The van der Waals surface area contributed by atoms with Crippen molar-refractivity contribution in [2.45, 2.75) is 25.4 Å². The van der Waals surface area contributed by atoms with Crippen LogP contribution in [-0.4, -0.2) is 12.1 Å². The molecule has 0 saturated heterocycles. The molecule has 3 aromatic rings. The Hall–Kier alpha value is -2.69. The number of nitrogens with one attached hydrogen (secondary N) is 2. The third-order valence-corrected chi connectivity index (χ3v) is 5.83. The minimum absolute atomic E-state index is 0.00823. The van der Waals surface area contributed by atoms with E-state index in [1.54, 1.807) is 23.1 Å². The molecule has 4 rings (SSSR count). The number of urea groups is 1. The lowest BCUT2D eigenvalue weighted by atomic mass is 9.91. The second kappa shape index (κ2) is 8.36. The Kier molecular flexibility index (Phi) is 5.65. The molecule has 0 spiro atoms. The van der Waals surface area contributed by atoms with Crippen LogP contribution in [0.1, 0.15) is 24.9 Å². The van der Waals surface area contributed by atoms with E-state index >= 15 is 0 Å². The number of anilines is 3. The molecule has 0 aromatic heterocycles. The van der Waals surface area contributed by atoms with Gasteiger partial charge in [0.15, 0.2) is 0 Å². The number of rotatable bonds is 3. The maximum absolute atomic E-state index is 13.1. The fraction of sp³-hybridized carbons (Fsp3) is 0.174. The lowest BCUT2D eigenvalue weighted by Crippen LogP contribution is -2.46. The van der Waals surface area contributed by atoms with Crippen LogP contribution in [0.3, 0.4) is 0 Å². The van der Waals surface area contributed by atoms with E-state index in [2.05, 4.69) is 35.8 Å². The van der Waals surface area contributed by atoms with Gasteiger partial charge in [0.05, 0.1) is 21.8 Å². The highest BCUT2D eigenvalue weighted by Gasteiger charge is 2.33. The summed E-state index contributed by atoms with van der Waals surface area (Å²) in [7, 11) is 0. The molecule has 1 heterocycles. The third-order valence-electron chi connectivity index (χ3n) is 5.09. The van der Waals surface area contributed by atoms with Crippen LogP contribution in [0, 0.1) is 0 Å². The van der Waals surface area contributed by atoms with Crippen molar-refractivity contribution in [3.05, 3.63) is 88.4 Å². The average Bonchev–Trinajstić information content (AvgIpc) is 2.71. The molecule has 1 aliphatic heterocycles. The van der Waals surface area contributed by atoms with Gasteiger partial charge < -0.3 is 10.6 Å². The molecule has 1 aliphatic rings. The van der Waals surface area contributed by atoms with Crippen molar-refractivity contribution in [1.82, 2.24) is 0 Å². The van der Waals surface area contributed by atoms with E-state index in [4.69, 9.17) is 23.2 Å². The molecule has 0 unspecified atom stereocenters. The van der Waals surface area contributed by atoms with Crippen LogP contribution >= 0.6 is 23.2 Å². The summed E-state index contributed by atoms with van der Waals surface area (Å²) in [6, 6.07) is 23.1. The summed E-state index contributed by atoms with van der Waals surface area (Å²) < 4.78 is 0. The van der Waals surface area contributed by atoms with Crippen molar-refractivity contribution in [1.29, 1.82) is 0 Å². The van der Waals surface area contributed by atoms with Crippen LogP contribution in [0.5, 0.6) is 0 Å². The number of halogens is 2. The SMILES string of the molecule is C[C@H]1C[C@H](Nc2ccccc2)c2ccccc2N1C(=O)Nc1ccc(Cl)c(Cl)c1. The summed E-state index contributed by atoms with van der Waals surface area (Å²) >= 11 is 12.1. The number of hydrogen-bond donors (Lipinski definition) is 2. The minimum Gasteiger partial charge on any atom is -0.378 e. The van der Waals surface area contributed by atoms with E-state index in [-0.39, 0.29) is 18.1 Å².